The third kappa shape index (κ3) is 4.65. The molecule has 2 aromatic carbocycles. The summed E-state index contributed by atoms with van der Waals surface area (Å²) < 4.78 is 3.12. The molecule has 9 nitrogen and oxygen atoms in total. The van der Waals surface area contributed by atoms with Gasteiger partial charge in [0.05, 0.1) is 11.4 Å². The summed E-state index contributed by atoms with van der Waals surface area (Å²) in [5.41, 5.74) is 6.59. The molecule has 5 N–H and O–H groups in total. The van der Waals surface area contributed by atoms with Crippen molar-refractivity contribution >= 4 is 34.5 Å². The second-order valence-electron chi connectivity index (χ2n) is 9.64. The number of anilines is 2. The van der Waals surface area contributed by atoms with Crippen molar-refractivity contribution < 1.29 is 9.90 Å². The van der Waals surface area contributed by atoms with Crippen LogP contribution in [0.4, 0.5) is 11.6 Å². The minimum absolute atomic E-state index is 0.109. The van der Waals surface area contributed by atoms with Gasteiger partial charge in [0.2, 0.25) is 0 Å². The summed E-state index contributed by atoms with van der Waals surface area (Å²) in [6.45, 7) is 5.55. The Balaban J connectivity index is 1.64. The molecule has 3 heterocycles. The molecule has 0 saturated carbocycles. The van der Waals surface area contributed by atoms with Gasteiger partial charge >= 0.3 is 0 Å². The number of nitrogens with one attached hydrogen (secondary N) is 2. The number of amides is 1. The van der Waals surface area contributed by atoms with Crippen molar-refractivity contribution in [3.8, 4) is 17.5 Å². The average Bonchev–Trinajstić information content (AvgIpc) is 3.23. The molecule has 1 amide bonds. The van der Waals surface area contributed by atoms with Gasteiger partial charge in [-0.15, -0.1) is 5.10 Å². The van der Waals surface area contributed by atoms with Crippen molar-refractivity contribution in [2.24, 2.45) is 0 Å². The van der Waals surface area contributed by atoms with Crippen molar-refractivity contribution in [2.75, 3.05) is 17.6 Å². The summed E-state index contributed by atoms with van der Waals surface area (Å²) in [7, 11) is 0. The van der Waals surface area contributed by atoms with Crippen LogP contribution in [0.5, 0.6) is 0 Å². The van der Waals surface area contributed by atoms with Gasteiger partial charge in [-0.25, -0.2) is 4.68 Å². The Morgan fingerprint density at radius 1 is 1.21 bits per heavy atom. The molecule has 9 heteroatoms. The number of nitrogens with zero attached hydrogens (tertiary/aromatic N) is 3. The van der Waals surface area contributed by atoms with Crippen LogP contribution in [0.2, 0.25) is 0 Å². The topological polar surface area (TPSA) is 127 Å². The van der Waals surface area contributed by atoms with Crippen LogP contribution in [0.3, 0.4) is 0 Å². The van der Waals surface area contributed by atoms with Crippen LogP contribution >= 0.6 is 0 Å². The monoisotopic (exact) mass is 508 g/mol. The molecule has 0 saturated heterocycles. The fourth-order valence-corrected chi connectivity index (χ4v) is 4.47. The summed E-state index contributed by atoms with van der Waals surface area (Å²) >= 11 is 0. The Morgan fingerprint density at radius 2 is 1.97 bits per heavy atom. The number of para-hydroxylation sites is 1. The van der Waals surface area contributed by atoms with Gasteiger partial charge in [-0.3, -0.25) is 14.2 Å². The number of pyridine rings is 1. The van der Waals surface area contributed by atoms with Crippen molar-refractivity contribution in [3.05, 3.63) is 87.8 Å². The Labute approximate surface area is 219 Å². The molecular formula is C29H28N6O3. The van der Waals surface area contributed by atoms with Crippen LogP contribution in [-0.4, -0.2) is 37.5 Å². The zero-order valence-electron chi connectivity index (χ0n) is 21.3. The molecule has 1 unspecified atom stereocenters. The molecule has 4 aromatic rings. The summed E-state index contributed by atoms with van der Waals surface area (Å²) in [5.74, 6) is 5.98. The van der Waals surface area contributed by atoms with E-state index in [1.807, 2.05) is 61.5 Å². The Bertz CT molecular complexity index is 1700. The maximum Gasteiger partial charge on any atom is 0.264 e. The van der Waals surface area contributed by atoms with Crippen LogP contribution in [0, 0.1) is 11.8 Å². The zero-order chi connectivity index (χ0) is 27.0. The summed E-state index contributed by atoms with van der Waals surface area (Å²) in [5, 5.41) is 21.6. The van der Waals surface area contributed by atoms with Crippen molar-refractivity contribution in [1.82, 2.24) is 19.7 Å². The van der Waals surface area contributed by atoms with Gasteiger partial charge in [0.15, 0.2) is 5.82 Å². The van der Waals surface area contributed by atoms with Gasteiger partial charge in [0, 0.05) is 29.7 Å². The van der Waals surface area contributed by atoms with Gasteiger partial charge in [-0.1, -0.05) is 42.2 Å². The van der Waals surface area contributed by atoms with E-state index in [1.54, 1.807) is 30.7 Å². The first-order valence-corrected chi connectivity index (χ1v) is 12.2. The minimum Gasteiger partial charge on any atom is -0.381 e. The zero-order valence-corrected chi connectivity index (χ0v) is 21.3. The highest BCUT2D eigenvalue weighted by molar-refractivity contribution is 6.04. The van der Waals surface area contributed by atoms with Crippen molar-refractivity contribution in [1.29, 1.82) is 0 Å². The van der Waals surface area contributed by atoms with Gasteiger partial charge < -0.3 is 21.5 Å². The highest BCUT2D eigenvalue weighted by atomic mass is 16.3. The average molecular weight is 509 g/mol. The molecule has 5 rings (SSSR count). The summed E-state index contributed by atoms with van der Waals surface area (Å²) in [6, 6.07) is 15.9. The minimum atomic E-state index is -1.21. The van der Waals surface area contributed by atoms with Crippen LogP contribution in [0.1, 0.15) is 48.4 Å². The first-order valence-electron chi connectivity index (χ1n) is 12.2. The highest BCUT2D eigenvalue weighted by Crippen LogP contribution is 2.27. The van der Waals surface area contributed by atoms with Gasteiger partial charge in [0.25, 0.3) is 11.5 Å². The van der Waals surface area contributed by atoms with E-state index in [2.05, 4.69) is 27.6 Å². The van der Waals surface area contributed by atoms with E-state index in [9.17, 15) is 14.7 Å². The fourth-order valence-electron chi connectivity index (χ4n) is 4.47. The largest absolute Gasteiger partial charge is 0.381 e. The van der Waals surface area contributed by atoms with Crippen LogP contribution in [0.15, 0.2) is 65.5 Å². The van der Waals surface area contributed by atoms with Crippen molar-refractivity contribution in [2.45, 2.75) is 32.4 Å². The number of carbonyl (C=O) groups excluding carboxylic acids is 1. The van der Waals surface area contributed by atoms with E-state index < -0.39 is 17.6 Å². The van der Waals surface area contributed by atoms with Crippen molar-refractivity contribution in [3.63, 3.8) is 0 Å². The number of fused-ring (bicyclic) bond motifs is 2. The molecular weight excluding hydrogens is 480 g/mol. The lowest BCUT2D eigenvalue weighted by molar-refractivity contribution is 0.0940. The Kier molecular flexibility index (Phi) is 6.27. The molecule has 0 bridgehead atoms. The van der Waals surface area contributed by atoms with Gasteiger partial charge in [-0.2, -0.15) is 0 Å². The number of rotatable bonds is 4. The first-order chi connectivity index (χ1) is 18.1. The quantitative estimate of drug-likeness (QED) is 0.313. The van der Waals surface area contributed by atoms with E-state index in [0.717, 1.165) is 0 Å². The number of hydrogen-bond donors (Lipinski definition) is 4. The third-order valence-electron chi connectivity index (χ3n) is 6.18. The molecule has 0 radical (unpaired) electrons. The lowest BCUT2D eigenvalue weighted by atomic mass is 10.0. The molecule has 0 aliphatic carbocycles. The molecule has 1 aliphatic heterocycles. The number of nitrogen functional groups attached to an aromatic ring is 1. The van der Waals surface area contributed by atoms with Gasteiger partial charge in [-0.05, 0) is 56.5 Å². The van der Waals surface area contributed by atoms with E-state index in [-0.39, 0.29) is 16.9 Å². The summed E-state index contributed by atoms with van der Waals surface area (Å²) in [6.07, 6.45) is 3.62. The number of aliphatic hydroxyl groups is 1. The molecule has 1 atom stereocenters. The van der Waals surface area contributed by atoms with E-state index >= 15 is 0 Å². The Morgan fingerprint density at radius 3 is 2.71 bits per heavy atom. The fraction of sp³-hybridized carbons (Fsp3) is 0.207. The number of hydrogen-bond acceptors (Lipinski definition) is 6. The number of aromatic nitrogens is 3. The second kappa shape index (κ2) is 9.57. The predicted octanol–water partition coefficient (Wildman–Crippen LogP) is 3.28. The third-order valence-corrected chi connectivity index (χ3v) is 6.18. The highest BCUT2D eigenvalue weighted by Gasteiger charge is 2.26. The lowest BCUT2D eigenvalue weighted by Crippen LogP contribution is -2.33. The molecule has 2 aromatic heterocycles. The first kappa shape index (κ1) is 24.9. The van der Waals surface area contributed by atoms with Crippen LogP contribution in [-0.2, 0) is 0 Å². The number of nitrogens with two attached hydrogens (primary N) is 1. The van der Waals surface area contributed by atoms with E-state index in [1.165, 1.54) is 4.68 Å². The van der Waals surface area contributed by atoms with E-state index in [4.69, 9.17) is 5.73 Å². The number of benzene rings is 2. The molecule has 0 spiro atoms. The maximum atomic E-state index is 14.0. The molecule has 0 fully saturated rings. The Hall–Kier alpha value is -4.81. The lowest BCUT2D eigenvalue weighted by Gasteiger charge is -2.21. The second-order valence-corrected chi connectivity index (χ2v) is 9.64. The molecule has 38 heavy (non-hydrogen) atoms. The predicted molar refractivity (Wildman–Crippen MR) is 149 cm³/mol. The van der Waals surface area contributed by atoms with Gasteiger partial charge in [0.1, 0.15) is 17.0 Å². The number of carbonyl (C=O) groups is 1. The van der Waals surface area contributed by atoms with E-state index in [0.29, 0.717) is 40.1 Å². The SMILES string of the molecule is CC(NC(=O)c1c(N)nn2c1NCC=C2)c1cc2cccc(C#CC(C)(C)O)c2c(=O)n1-c1ccccc1. The maximum absolute atomic E-state index is 14.0. The smallest absolute Gasteiger partial charge is 0.264 e. The normalized spacial score (nSPS) is 13.3. The molecule has 1 aliphatic rings. The standard InChI is InChI=1S/C29H28N6O3/c1-18(32-27(36)24-25(30)33-34-16-8-15-31-26(24)34)22-17-20-10-7-9-19(13-14-29(2,3)38)23(20)28(37)35(22)21-11-5-4-6-12-21/h4-12,16-18,31,38H,15H2,1-3H3,(H2,30,33)(H,32,36). The summed E-state index contributed by atoms with van der Waals surface area (Å²) in [4.78, 5) is 27.4. The van der Waals surface area contributed by atoms with Crippen LogP contribution < -0.4 is 21.9 Å². The van der Waals surface area contributed by atoms with Crippen LogP contribution in [0.25, 0.3) is 22.7 Å². The molecule has 192 valence electrons.